The average molecular weight is 1060 g/mol. The number of rotatable bonds is 7. The first-order valence-electron chi connectivity index (χ1n) is 27.4. The van der Waals surface area contributed by atoms with Gasteiger partial charge in [-0.15, -0.1) is 34.0 Å². The second kappa shape index (κ2) is 17.4. The molecule has 17 rings (SSSR count). The molecule has 0 atom stereocenters. The van der Waals surface area contributed by atoms with Crippen molar-refractivity contribution >= 4 is 136 Å². The number of hydrogen-bond donors (Lipinski definition) is 0. The number of nitrogens with zero attached hydrogens (tertiary/aromatic N) is 3. The maximum absolute atomic E-state index is 4.41. The minimum atomic E-state index is 1.03. The molecule has 6 heteroatoms. The Bertz CT molecular complexity index is 5090. The van der Waals surface area contributed by atoms with Crippen LogP contribution in [0.25, 0.3) is 151 Å². The van der Waals surface area contributed by atoms with Gasteiger partial charge in [0.15, 0.2) is 0 Å². The Kier molecular flexibility index (Phi) is 9.95. The van der Waals surface area contributed by atoms with Gasteiger partial charge in [0.1, 0.15) is 0 Å². The van der Waals surface area contributed by atoms with E-state index in [0.29, 0.717) is 0 Å². The van der Waals surface area contributed by atoms with E-state index in [-0.39, 0.29) is 0 Å². The van der Waals surface area contributed by atoms with E-state index in [1.165, 1.54) is 139 Å². The Balaban J connectivity index is 0.916. The van der Waals surface area contributed by atoms with E-state index in [9.17, 15) is 0 Å². The molecule has 0 amide bonds. The molecule has 2 aliphatic rings. The summed E-state index contributed by atoms with van der Waals surface area (Å²) in [6.45, 7) is 6.67. The number of hydrogen-bond acceptors (Lipinski definition) is 3. The summed E-state index contributed by atoms with van der Waals surface area (Å²) in [5, 5.41) is 8.98. The van der Waals surface area contributed by atoms with E-state index in [1.54, 1.807) is 0 Å². The van der Waals surface area contributed by atoms with Crippen LogP contribution in [0.2, 0.25) is 0 Å². The molecule has 0 spiro atoms. The SMILES string of the molecule is C=Cc1cc(-c2cc(-c3ccc4c(c3)sc3c5ccccc5sc43)cc(-n3c4ccc(-n5c6c(c7c5CCC=C7)C=CCC6)cc4c4cc(-n5c6ccccc6c6ccccc65)ccc43)c2)ccc1-c1sc2ccccc2c1C. The first-order valence-corrected chi connectivity index (χ1v) is 29.9. The van der Waals surface area contributed by atoms with Crippen LogP contribution in [0, 0.1) is 6.92 Å². The summed E-state index contributed by atoms with van der Waals surface area (Å²) >= 11 is 5.70. The van der Waals surface area contributed by atoms with Gasteiger partial charge in [-0.2, -0.15) is 0 Å². The molecule has 0 saturated carbocycles. The minimum absolute atomic E-state index is 1.03. The number of thiophene rings is 3. The number of para-hydroxylation sites is 2. The first-order chi connectivity index (χ1) is 39.0. The van der Waals surface area contributed by atoms with Crippen LogP contribution in [-0.2, 0) is 12.8 Å². The zero-order valence-corrected chi connectivity index (χ0v) is 45.8. The largest absolute Gasteiger partial charge is 0.317 e. The second-order valence-electron chi connectivity index (χ2n) is 21.4. The Labute approximate surface area is 468 Å². The molecule has 0 aliphatic heterocycles. The van der Waals surface area contributed by atoms with Gasteiger partial charge in [-0.3, -0.25) is 0 Å². The van der Waals surface area contributed by atoms with Crippen molar-refractivity contribution in [2.45, 2.75) is 32.6 Å². The van der Waals surface area contributed by atoms with Crippen molar-refractivity contribution in [3.63, 3.8) is 0 Å². The van der Waals surface area contributed by atoms with Gasteiger partial charge in [-0.05, 0) is 168 Å². The highest BCUT2D eigenvalue weighted by atomic mass is 32.1. The molecule has 9 aromatic carbocycles. The predicted octanol–water partition coefficient (Wildman–Crippen LogP) is 21.3. The lowest BCUT2D eigenvalue weighted by Gasteiger charge is -2.17. The summed E-state index contributed by atoms with van der Waals surface area (Å²) in [6.07, 6.45) is 15.7. The van der Waals surface area contributed by atoms with Gasteiger partial charge in [0.05, 0.1) is 31.5 Å². The van der Waals surface area contributed by atoms with E-state index in [4.69, 9.17) is 0 Å². The summed E-state index contributed by atoms with van der Waals surface area (Å²) in [7, 11) is 0. The highest BCUT2D eigenvalue weighted by Gasteiger charge is 2.26. The minimum Gasteiger partial charge on any atom is -0.317 e. The van der Waals surface area contributed by atoms with E-state index in [1.807, 2.05) is 40.1 Å². The lowest BCUT2D eigenvalue weighted by Crippen LogP contribution is -2.07. The molecule has 79 heavy (non-hydrogen) atoms. The van der Waals surface area contributed by atoms with Crippen LogP contribution in [0.3, 0.4) is 0 Å². The van der Waals surface area contributed by atoms with Gasteiger partial charge in [0.25, 0.3) is 0 Å². The summed E-state index contributed by atoms with van der Waals surface area (Å²) in [4.78, 5) is 1.30. The molecule has 0 unspecified atom stereocenters. The molecular weight excluding hydrogens is 1020 g/mol. The number of benzene rings is 9. The summed E-state index contributed by atoms with van der Waals surface area (Å²) in [5.74, 6) is 0. The third-order valence-corrected chi connectivity index (χ3v) is 21.0. The molecule has 0 N–H and O–H groups in total. The molecule has 0 saturated heterocycles. The molecule has 0 bridgehead atoms. The van der Waals surface area contributed by atoms with Crippen molar-refractivity contribution in [3.05, 3.63) is 240 Å². The molecule has 15 aromatic rings. The van der Waals surface area contributed by atoms with Crippen LogP contribution in [0.5, 0.6) is 0 Å². The summed E-state index contributed by atoms with van der Waals surface area (Å²) in [5.41, 5.74) is 22.3. The van der Waals surface area contributed by atoms with Crippen molar-refractivity contribution in [1.29, 1.82) is 0 Å². The van der Waals surface area contributed by atoms with Crippen LogP contribution in [-0.4, -0.2) is 13.7 Å². The third kappa shape index (κ3) is 6.75. The van der Waals surface area contributed by atoms with Gasteiger partial charge < -0.3 is 13.7 Å². The van der Waals surface area contributed by atoms with Crippen LogP contribution in [0.15, 0.2) is 207 Å². The van der Waals surface area contributed by atoms with Crippen molar-refractivity contribution in [2.75, 3.05) is 0 Å². The topological polar surface area (TPSA) is 14.8 Å². The number of allylic oxidation sites excluding steroid dienone is 2. The summed E-state index contributed by atoms with van der Waals surface area (Å²) < 4.78 is 14.4. The van der Waals surface area contributed by atoms with Crippen molar-refractivity contribution in [2.24, 2.45) is 0 Å². The Morgan fingerprint density at radius 1 is 0.405 bits per heavy atom. The van der Waals surface area contributed by atoms with Gasteiger partial charge >= 0.3 is 0 Å². The van der Waals surface area contributed by atoms with E-state index >= 15 is 0 Å². The molecular formula is C73H49N3S3. The monoisotopic (exact) mass is 1060 g/mol. The molecule has 374 valence electrons. The van der Waals surface area contributed by atoms with Gasteiger partial charge in [0, 0.05) is 90.9 Å². The normalized spacial score (nSPS) is 13.4. The number of fused-ring (bicyclic) bond motifs is 15. The lowest BCUT2D eigenvalue weighted by molar-refractivity contribution is 0.814. The number of aryl methyl sites for hydroxylation is 1. The van der Waals surface area contributed by atoms with Crippen LogP contribution >= 0.6 is 34.0 Å². The fourth-order valence-corrected chi connectivity index (χ4v) is 17.4. The fourth-order valence-electron chi connectivity index (χ4n) is 13.5. The lowest BCUT2D eigenvalue weighted by atomic mass is 9.94. The van der Waals surface area contributed by atoms with Gasteiger partial charge in [-0.25, -0.2) is 0 Å². The van der Waals surface area contributed by atoms with E-state index in [2.05, 4.69) is 240 Å². The Morgan fingerprint density at radius 3 is 1.57 bits per heavy atom. The molecule has 2 aliphatic carbocycles. The maximum atomic E-state index is 4.41. The highest BCUT2D eigenvalue weighted by Crippen LogP contribution is 2.48. The van der Waals surface area contributed by atoms with Crippen LogP contribution < -0.4 is 0 Å². The van der Waals surface area contributed by atoms with Gasteiger partial charge in [0.2, 0.25) is 0 Å². The Morgan fingerprint density at radius 2 is 0.924 bits per heavy atom. The van der Waals surface area contributed by atoms with Crippen LogP contribution in [0.1, 0.15) is 46.5 Å². The van der Waals surface area contributed by atoms with Crippen LogP contribution in [0.4, 0.5) is 0 Å². The Hall–Kier alpha value is -8.78. The first kappa shape index (κ1) is 45.3. The highest BCUT2D eigenvalue weighted by molar-refractivity contribution is 7.36. The zero-order valence-electron chi connectivity index (χ0n) is 43.4. The molecule has 6 aromatic heterocycles. The second-order valence-corrected chi connectivity index (χ2v) is 24.6. The molecule has 0 fully saturated rings. The third-order valence-electron chi connectivity index (χ3n) is 17.1. The molecule has 6 heterocycles. The molecule has 3 nitrogen and oxygen atoms in total. The standard InChI is InChI=1S/C73H49N3S3/c1-3-44-36-45(28-32-53(44)71-43(2)52-16-8-14-26-68(52)77-71)47-37-48(46-29-33-59-70(40-46)79-72-58-21-9-15-27-69(58)78-73(59)72)39-51(38-47)76-66-34-30-49(74-62-22-10-4-17-54(62)55-18-5-11-23-63(55)74)41-60(66)61-42-50(31-35-67(61)76)75-64-24-12-6-19-56(64)57-20-7-13-25-65(57)75/h3-11,14-23,26-42H,1,12-13,24-25H2,2H3. The summed E-state index contributed by atoms with van der Waals surface area (Å²) in [6, 6.07) is 71.2. The smallest absolute Gasteiger partial charge is 0.0542 e. The average Bonchev–Trinajstić information content (AvgIpc) is 4.55. The fraction of sp³-hybridized carbons (Fsp3) is 0.0685. The zero-order chi connectivity index (χ0) is 52.0. The van der Waals surface area contributed by atoms with E-state index < -0.39 is 0 Å². The number of aromatic nitrogens is 3. The quantitative estimate of drug-likeness (QED) is 0.151. The maximum Gasteiger partial charge on any atom is 0.0542 e. The molecule has 0 radical (unpaired) electrons. The van der Waals surface area contributed by atoms with E-state index in [0.717, 1.165) is 53.7 Å². The van der Waals surface area contributed by atoms with Crippen molar-refractivity contribution in [1.82, 2.24) is 13.7 Å². The van der Waals surface area contributed by atoms with Crippen molar-refractivity contribution in [3.8, 4) is 49.8 Å². The van der Waals surface area contributed by atoms with Crippen molar-refractivity contribution < 1.29 is 0 Å². The van der Waals surface area contributed by atoms with Gasteiger partial charge in [-0.1, -0.05) is 134 Å². The predicted molar refractivity (Wildman–Crippen MR) is 344 cm³/mol.